The van der Waals surface area contributed by atoms with Gasteiger partial charge in [-0.25, -0.2) is 4.98 Å². The number of pyridine rings is 1. The second-order valence-electron chi connectivity index (χ2n) is 6.88. The van der Waals surface area contributed by atoms with Gasteiger partial charge in [0.1, 0.15) is 0 Å². The number of aromatic nitrogens is 1. The number of benzene rings is 2. The summed E-state index contributed by atoms with van der Waals surface area (Å²) in [5.74, 6) is -0.0902. The maximum atomic E-state index is 13.0. The van der Waals surface area contributed by atoms with Crippen LogP contribution in [0.4, 0.5) is 0 Å². The molecule has 27 heavy (non-hydrogen) atoms. The quantitative estimate of drug-likeness (QED) is 0.648. The smallest absolute Gasteiger partial charge is 0.252 e. The van der Waals surface area contributed by atoms with E-state index in [-0.39, 0.29) is 12.0 Å². The Morgan fingerprint density at radius 2 is 2.07 bits per heavy atom. The highest BCUT2D eigenvalue weighted by atomic mass is 79.9. The molecule has 0 bridgehead atoms. The first kappa shape index (κ1) is 18.1. The average molecular weight is 425 g/mol. The summed E-state index contributed by atoms with van der Waals surface area (Å²) in [5.41, 5.74) is 4.32. The number of rotatable bonds is 4. The molecule has 1 atom stereocenters. The topological polar surface area (TPSA) is 51.2 Å². The van der Waals surface area contributed by atoms with Crippen LogP contribution in [0.2, 0.25) is 0 Å². The van der Waals surface area contributed by atoms with Crippen molar-refractivity contribution in [2.75, 3.05) is 13.2 Å². The van der Waals surface area contributed by atoms with Crippen molar-refractivity contribution < 1.29 is 9.53 Å². The van der Waals surface area contributed by atoms with E-state index in [1.54, 1.807) is 0 Å². The number of fused-ring (bicyclic) bond motifs is 1. The van der Waals surface area contributed by atoms with Crippen LogP contribution in [0.3, 0.4) is 0 Å². The molecule has 0 unspecified atom stereocenters. The second-order valence-corrected chi connectivity index (χ2v) is 7.80. The Morgan fingerprint density at radius 1 is 1.26 bits per heavy atom. The molecule has 4 rings (SSSR count). The van der Waals surface area contributed by atoms with E-state index in [1.807, 2.05) is 55.5 Å². The molecule has 1 aliphatic rings. The second kappa shape index (κ2) is 7.79. The minimum atomic E-state index is -0.0902. The molecule has 5 heteroatoms. The number of ether oxygens (including phenoxy) is 1. The van der Waals surface area contributed by atoms with Crippen molar-refractivity contribution in [1.29, 1.82) is 0 Å². The van der Waals surface area contributed by atoms with Gasteiger partial charge in [-0.05, 0) is 43.5 Å². The molecule has 1 aromatic heterocycles. The van der Waals surface area contributed by atoms with Gasteiger partial charge >= 0.3 is 0 Å². The number of carbonyl (C=O) groups excluding carboxylic acids is 1. The molecule has 0 radical (unpaired) electrons. The number of halogens is 1. The van der Waals surface area contributed by atoms with Crippen molar-refractivity contribution >= 4 is 32.7 Å². The van der Waals surface area contributed by atoms with Crippen LogP contribution >= 0.6 is 15.9 Å². The first-order valence-corrected chi connectivity index (χ1v) is 9.97. The fourth-order valence-corrected chi connectivity index (χ4v) is 4.08. The normalized spacial score (nSPS) is 16.6. The van der Waals surface area contributed by atoms with Crippen LogP contribution in [0.15, 0.2) is 53.0 Å². The van der Waals surface area contributed by atoms with Crippen LogP contribution in [0, 0.1) is 6.92 Å². The zero-order valence-corrected chi connectivity index (χ0v) is 16.8. The molecule has 1 amide bonds. The van der Waals surface area contributed by atoms with Crippen LogP contribution in [-0.2, 0) is 4.74 Å². The number of carbonyl (C=O) groups is 1. The lowest BCUT2D eigenvalue weighted by Crippen LogP contribution is -2.32. The molecule has 0 aliphatic carbocycles. The van der Waals surface area contributed by atoms with Crippen molar-refractivity contribution in [2.45, 2.75) is 25.9 Å². The molecule has 2 heterocycles. The Bertz CT molecular complexity index is 983. The monoisotopic (exact) mass is 424 g/mol. The third-order valence-corrected chi connectivity index (χ3v) is 5.36. The molecule has 3 aromatic rings. The lowest BCUT2D eigenvalue weighted by molar-refractivity contribution is 0.0859. The van der Waals surface area contributed by atoms with E-state index >= 15 is 0 Å². The van der Waals surface area contributed by atoms with Gasteiger partial charge in [0.2, 0.25) is 0 Å². The summed E-state index contributed by atoms with van der Waals surface area (Å²) in [6, 6.07) is 15.8. The fourth-order valence-electron chi connectivity index (χ4n) is 3.51. The fraction of sp³-hybridized carbons (Fsp3) is 0.273. The van der Waals surface area contributed by atoms with E-state index in [1.165, 1.54) is 0 Å². The largest absolute Gasteiger partial charge is 0.376 e. The Kier molecular flexibility index (Phi) is 5.23. The van der Waals surface area contributed by atoms with Crippen molar-refractivity contribution in [3.8, 4) is 11.3 Å². The first-order chi connectivity index (χ1) is 13.1. The van der Waals surface area contributed by atoms with Crippen LogP contribution in [0.1, 0.15) is 28.8 Å². The molecule has 0 spiro atoms. The molecule has 2 aromatic carbocycles. The highest BCUT2D eigenvalue weighted by molar-refractivity contribution is 9.10. The predicted molar refractivity (Wildman–Crippen MR) is 111 cm³/mol. The van der Waals surface area contributed by atoms with E-state index < -0.39 is 0 Å². The van der Waals surface area contributed by atoms with Crippen molar-refractivity contribution in [3.05, 3.63) is 64.1 Å². The highest BCUT2D eigenvalue weighted by Gasteiger charge is 2.19. The zero-order chi connectivity index (χ0) is 18.8. The summed E-state index contributed by atoms with van der Waals surface area (Å²) in [5, 5.41) is 3.90. The zero-order valence-electron chi connectivity index (χ0n) is 15.2. The number of hydrogen-bond donors (Lipinski definition) is 1. The van der Waals surface area contributed by atoms with Crippen molar-refractivity contribution in [2.24, 2.45) is 0 Å². The van der Waals surface area contributed by atoms with Gasteiger partial charge in [0.25, 0.3) is 5.91 Å². The van der Waals surface area contributed by atoms with E-state index in [0.717, 1.165) is 51.6 Å². The van der Waals surface area contributed by atoms with E-state index in [4.69, 9.17) is 9.72 Å². The number of nitrogens with one attached hydrogen (secondary N) is 1. The van der Waals surface area contributed by atoms with Gasteiger partial charge in [0, 0.05) is 28.6 Å². The molecule has 1 fully saturated rings. The van der Waals surface area contributed by atoms with Crippen LogP contribution in [-0.4, -0.2) is 30.1 Å². The third-order valence-electron chi connectivity index (χ3n) is 4.90. The first-order valence-electron chi connectivity index (χ1n) is 9.18. The van der Waals surface area contributed by atoms with Crippen LogP contribution in [0.25, 0.3) is 22.2 Å². The number of hydrogen-bond acceptors (Lipinski definition) is 3. The summed E-state index contributed by atoms with van der Waals surface area (Å²) in [6.45, 7) is 3.34. The molecule has 0 saturated carbocycles. The maximum Gasteiger partial charge on any atom is 0.252 e. The molecule has 4 nitrogen and oxygen atoms in total. The SMILES string of the molecule is Cc1cc(Br)cc2c(C(=O)NC[C@@H]3CCCO3)cc(-c3ccccc3)nc12. The number of nitrogens with zero attached hydrogens (tertiary/aromatic N) is 1. The highest BCUT2D eigenvalue weighted by Crippen LogP contribution is 2.29. The third kappa shape index (κ3) is 3.89. The van der Waals surface area contributed by atoms with Gasteiger partial charge in [-0.15, -0.1) is 0 Å². The van der Waals surface area contributed by atoms with Gasteiger partial charge < -0.3 is 10.1 Å². The molecule has 138 valence electrons. The number of amides is 1. The minimum absolute atomic E-state index is 0.0902. The number of aryl methyl sites for hydroxylation is 1. The molecule has 1 N–H and O–H groups in total. The van der Waals surface area contributed by atoms with Gasteiger partial charge in [-0.3, -0.25) is 4.79 Å². The molecule has 1 saturated heterocycles. The molecular weight excluding hydrogens is 404 g/mol. The van der Waals surface area contributed by atoms with E-state index in [9.17, 15) is 4.79 Å². The predicted octanol–water partition coefficient (Wildman–Crippen LogP) is 4.88. The Balaban J connectivity index is 1.77. The maximum absolute atomic E-state index is 13.0. The Labute approximate surface area is 167 Å². The van der Waals surface area contributed by atoms with E-state index in [2.05, 4.69) is 21.2 Å². The van der Waals surface area contributed by atoms with Crippen LogP contribution < -0.4 is 5.32 Å². The minimum Gasteiger partial charge on any atom is -0.376 e. The molecular formula is C22H21BrN2O2. The lowest BCUT2D eigenvalue weighted by Gasteiger charge is -2.14. The summed E-state index contributed by atoms with van der Waals surface area (Å²) >= 11 is 3.54. The van der Waals surface area contributed by atoms with Gasteiger partial charge in [0.05, 0.1) is 22.9 Å². The summed E-state index contributed by atoms with van der Waals surface area (Å²) in [4.78, 5) is 17.9. The summed E-state index contributed by atoms with van der Waals surface area (Å²) in [7, 11) is 0. The van der Waals surface area contributed by atoms with Gasteiger partial charge in [-0.1, -0.05) is 46.3 Å². The average Bonchev–Trinajstić information content (AvgIpc) is 3.20. The van der Waals surface area contributed by atoms with Gasteiger partial charge in [-0.2, -0.15) is 0 Å². The van der Waals surface area contributed by atoms with Gasteiger partial charge in [0.15, 0.2) is 0 Å². The summed E-state index contributed by atoms with van der Waals surface area (Å²) < 4.78 is 6.56. The van der Waals surface area contributed by atoms with E-state index in [0.29, 0.717) is 12.1 Å². The summed E-state index contributed by atoms with van der Waals surface area (Å²) in [6.07, 6.45) is 2.17. The molecule has 1 aliphatic heterocycles. The van der Waals surface area contributed by atoms with Crippen molar-refractivity contribution in [1.82, 2.24) is 10.3 Å². The standard InChI is InChI=1S/C22H21BrN2O2/c1-14-10-16(23)11-18-19(22(26)24-13-17-8-5-9-27-17)12-20(25-21(14)18)15-6-3-2-4-7-15/h2-4,6-7,10-12,17H,5,8-9,13H2,1H3,(H,24,26)/t17-/m0/s1. The van der Waals surface area contributed by atoms with Crippen molar-refractivity contribution in [3.63, 3.8) is 0 Å². The Hall–Kier alpha value is -2.24. The van der Waals surface area contributed by atoms with Crippen LogP contribution in [0.5, 0.6) is 0 Å². The Morgan fingerprint density at radius 3 is 2.81 bits per heavy atom. The lowest BCUT2D eigenvalue weighted by atomic mass is 10.0.